The van der Waals surface area contributed by atoms with Crippen LogP contribution in [0, 0.1) is 34.5 Å². The predicted molar refractivity (Wildman–Crippen MR) is 221 cm³/mol. The molecule has 2 saturated carbocycles. The van der Waals surface area contributed by atoms with Crippen LogP contribution in [-0.2, 0) is 5.41 Å². The fraction of sp³-hybridized carbons (Fsp3) is 0.176. The number of nitrogens with zero attached hydrogens (tertiary/aromatic N) is 4. The lowest BCUT2D eigenvalue weighted by Crippen LogP contribution is -2.30. The van der Waals surface area contributed by atoms with Crippen LogP contribution in [0.15, 0.2) is 152 Å². The number of hydrogen-bond acceptors (Lipinski definition) is 4. The van der Waals surface area contributed by atoms with Gasteiger partial charge in [0.15, 0.2) is 5.82 Å². The lowest BCUT2D eigenvalue weighted by molar-refractivity contribution is 0.232. The van der Waals surface area contributed by atoms with Gasteiger partial charge in [0, 0.05) is 16.7 Å². The summed E-state index contributed by atoms with van der Waals surface area (Å²) in [6.07, 6.45) is 6.91. The Kier molecular flexibility index (Phi) is 8.89. The molecule has 0 spiro atoms. The summed E-state index contributed by atoms with van der Waals surface area (Å²) in [4.78, 5) is 10.3. The van der Waals surface area contributed by atoms with Gasteiger partial charge in [0.2, 0.25) is 0 Å². The Labute approximate surface area is 323 Å². The van der Waals surface area contributed by atoms with Gasteiger partial charge in [-0.2, -0.15) is 10.5 Å². The lowest BCUT2D eigenvalue weighted by atomic mass is 9.66. The van der Waals surface area contributed by atoms with Crippen LogP contribution in [0.1, 0.15) is 55.7 Å². The number of hydrogen-bond donors (Lipinski definition) is 0. The highest BCUT2D eigenvalue weighted by atomic mass is 14.9. The van der Waals surface area contributed by atoms with Crippen molar-refractivity contribution in [1.29, 1.82) is 10.5 Å². The fourth-order valence-corrected chi connectivity index (χ4v) is 9.13. The van der Waals surface area contributed by atoms with Crippen molar-refractivity contribution in [3.63, 3.8) is 0 Å². The maximum atomic E-state index is 9.56. The molecule has 6 aromatic carbocycles. The first-order valence-corrected chi connectivity index (χ1v) is 19.3. The molecule has 0 radical (unpaired) electrons. The van der Waals surface area contributed by atoms with Crippen LogP contribution in [0.2, 0.25) is 0 Å². The van der Waals surface area contributed by atoms with Gasteiger partial charge in [-0.05, 0) is 118 Å². The summed E-state index contributed by atoms with van der Waals surface area (Å²) in [5, 5.41) is 19.0. The molecule has 3 atom stereocenters. The van der Waals surface area contributed by atoms with Crippen LogP contribution >= 0.6 is 0 Å². The minimum atomic E-state index is 0.296. The molecule has 0 saturated heterocycles. The normalized spacial score (nSPS) is 18.7. The van der Waals surface area contributed by atoms with E-state index < -0.39 is 0 Å². The average Bonchev–Trinajstić information content (AvgIpc) is 3.61. The molecular weight excluding hydrogens is 669 g/mol. The van der Waals surface area contributed by atoms with Crippen LogP contribution in [0.25, 0.3) is 67.3 Å². The van der Waals surface area contributed by atoms with Gasteiger partial charge in [0.25, 0.3) is 0 Å². The van der Waals surface area contributed by atoms with Crippen molar-refractivity contribution in [3.8, 4) is 79.4 Å². The first-order valence-electron chi connectivity index (χ1n) is 19.3. The number of rotatable bonds is 7. The van der Waals surface area contributed by atoms with E-state index in [4.69, 9.17) is 9.97 Å². The second-order valence-electron chi connectivity index (χ2n) is 15.6. The van der Waals surface area contributed by atoms with Crippen molar-refractivity contribution >= 4 is 0 Å². The molecule has 2 bridgehead atoms. The number of nitriles is 2. The molecule has 264 valence electrons. The van der Waals surface area contributed by atoms with Crippen molar-refractivity contribution in [2.24, 2.45) is 11.8 Å². The molecule has 2 aliphatic carbocycles. The third-order valence-electron chi connectivity index (χ3n) is 12.0. The Hall–Kier alpha value is -6.62. The third kappa shape index (κ3) is 6.85. The topological polar surface area (TPSA) is 73.4 Å². The highest BCUT2D eigenvalue weighted by Crippen LogP contribution is 2.51. The van der Waals surface area contributed by atoms with Crippen LogP contribution in [-0.4, -0.2) is 9.97 Å². The van der Waals surface area contributed by atoms with Crippen LogP contribution in [0.3, 0.4) is 0 Å². The van der Waals surface area contributed by atoms with E-state index in [1.165, 1.54) is 48.8 Å². The summed E-state index contributed by atoms with van der Waals surface area (Å²) in [5.74, 6) is 2.40. The highest BCUT2D eigenvalue weighted by molar-refractivity contribution is 5.87. The maximum Gasteiger partial charge on any atom is 0.161 e. The number of benzene rings is 6. The predicted octanol–water partition coefficient (Wildman–Crippen LogP) is 12.7. The number of fused-ring (bicyclic) bond motifs is 2. The summed E-state index contributed by atoms with van der Waals surface area (Å²) in [7, 11) is 0. The summed E-state index contributed by atoms with van der Waals surface area (Å²) >= 11 is 0. The van der Waals surface area contributed by atoms with Crippen LogP contribution < -0.4 is 0 Å². The monoisotopic (exact) mass is 708 g/mol. The average molecular weight is 709 g/mol. The second-order valence-corrected chi connectivity index (χ2v) is 15.6. The first kappa shape index (κ1) is 34.2. The molecule has 4 heteroatoms. The Morgan fingerprint density at radius 2 is 0.964 bits per heavy atom. The maximum absolute atomic E-state index is 9.56. The van der Waals surface area contributed by atoms with Gasteiger partial charge >= 0.3 is 0 Å². The Bertz CT molecular complexity index is 2560. The number of aromatic nitrogens is 2. The van der Waals surface area contributed by atoms with Crippen molar-refractivity contribution in [1.82, 2.24) is 9.97 Å². The largest absolute Gasteiger partial charge is 0.228 e. The van der Waals surface area contributed by atoms with Gasteiger partial charge in [-0.15, -0.1) is 0 Å². The minimum Gasteiger partial charge on any atom is -0.228 e. The van der Waals surface area contributed by atoms with Crippen molar-refractivity contribution in [2.45, 2.75) is 44.4 Å². The fourth-order valence-electron chi connectivity index (χ4n) is 9.13. The molecule has 2 aliphatic rings. The van der Waals surface area contributed by atoms with E-state index in [1.807, 2.05) is 72.8 Å². The van der Waals surface area contributed by atoms with E-state index in [1.54, 1.807) is 0 Å². The molecular formula is C51H40N4. The van der Waals surface area contributed by atoms with Gasteiger partial charge in [-0.25, -0.2) is 9.97 Å². The highest BCUT2D eigenvalue weighted by Gasteiger charge is 2.41. The molecule has 0 amide bonds. The molecule has 55 heavy (non-hydrogen) atoms. The third-order valence-corrected chi connectivity index (χ3v) is 12.0. The molecule has 1 aromatic heterocycles. The summed E-state index contributed by atoms with van der Waals surface area (Å²) in [6, 6.07) is 56.5. The molecule has 7 aromatic rings. The van der Waals surface area contributed by atoms with E-state index in [-0.39, 0.29) is 0 Å². The smallest absolute Gasteiger partial charge is 0.161 e. The van der Waals surface area contributed by atoms with Crippen LogP contribution in [0.4, 0.5) is 0 Å². The zero-order valence-electron chi connectivity index (χ0n) is 30.9. The first-order chi connectivity index (χ1) is 26.9. The standard InChI is InChI=1S/C51H40N4/c1-51(30-36-7-8-37(27-36)31-51)45-24-21-39(22-25-45)38-17-19-40(20-18-38)44-23-26-46(47(28-44)41-13-9-34(32-52)10-14-41)50-54-48(42-5-3-2-4-6-42)29-49(55-50)43-15-11-35(33-53)12-16-43/h2-6,9-26,28-29,36-37H,7-8,27,30-31H2,1H3/t36-,37+,51?. The Morgan fingerprint density at radius 3 is 1.53 bits per heavy atom. The molecule has 0 N–H and O–H groups in total. The molecule has 1 unspecified atom stereocenters. The molecule has 2 fully saturated rings. The minimum absolute atomic E-state index is 0.296. The summed E-state index contributed by atoms with van der Waals surface area (Å²) < 4.78 is 0. The van der Waals surface area contributed by atoms with E-state index in [9.17, 15) is 10.5 Å². The van der Waals surface area contributed by atoms with E-state index in [2.05, 4.69) is 97.9 Å². The van der Waals surface area contributed by atoms with E-state index >= 15 is 0 Å². The zero-order chi connectivity index (χ0) is 37.4. The second kappa shape index (κ2) is 14.3. The summed E-state index contributed by atoms with van der Waals surface area (Å²) in [5.41, 5.74) is 13.9. The van der Waals surface area contributed by atoms with Gasteiger partial charge in [0.1, 0.15) is 0 Å². The van der Waals surface area contributed by atoms with Crippen LogP contribution in [0.5, 0.6) is 0 Å². The van der Waals surface area contributed by atoms with E-state index in [0.717, 1.165) is 62.2 Å². The van der Waals surface area contributed by atoms with Gasteiger partial charge < -0.3 is 0 Å². The molecule has 4 nitrogen and oxygen atoms in total. The molecule has 0 aliphatic heterocycles. The lowest BCUT2D eigenvalue weighted by Gasteiger charge is -2.38. The van der Waals surface area contributed by atoms with Gasteiger partial charge in [-0.3, -0.25) is 0 Å². The zero-order valence-corrected chi connectivity index (χ0v) is 30.9. The van der Waals surface area contributed by atoms with Gasteiger partial charge in [0.05, 0.1) is 34.7 Å². The quantitative estimate of drug-likeness (QED) is 0.165. The van der Waals surface area contributed by atoms with Crippen molar-refractivity contribution < 1.29 is 0 Å². The molecule has 1 heterocycles. The van der Waals surface area contributed by atoms with E-state index in [0.29, 0.717) is 22.4 Å². The summed E-state index contributed by atoms with van der Waals surface area (Å²) in [6.45, 7) is 2.49. The SMILES string of the molecule is CC1(c2ccc(-c3ccc(-c4ccc(-c5nc(-c6ccccc6)cc(-c6ccc(C#N)cc6)n5)c(-c5ccc(C#N)cc5)c4)cc3)cc2)C[C@@H]2CC[C@@H](C2)C1. The Balaban J connectivity index is 1.08. The van der Waals surface area contributed by atoms with Gasteiger partial charge in [-0.1, -0.05) is 129 Å². The Morgan fingerprint density at radius 1 is 0.491 bits per heavy atom. The van der Waals surface area contributed by atoms with Crippen molar-refractivity contribution in [2.75, 3.05) is 0 Å². The van der Waals surface area contributed by atoms with Crippen molar-refractivity contribution in [3.05, 3.63) is 168 Å². The molecule has 9 rings (SSSR count).